The monoisotopic (exact) mass is 297 g/mol. The summed E-state index contributed by atoms with van der Waals surface area (Å²) in [6.45, 7) is 0. The van der Waals surface area contributed by atoms with E-state index in [-0.39, 0.29) is 0 Å². The molecule has 0 aliphatic heterocycles. The lowest BCUT2D eigenvalue weighted by Gasteiger charge is -2.12. The smallest absolute Gasteiger partial charge is 0.396 e. The van der Waals surface area contributed by atoms with E-state index in [1.165, 1.54) is 6.07 Å². The molecule has 0 saturated heterocycles. The van der Waals surface area contributed by atoms with Gasteiger partial charge in [0.05, 0.1) is 12.5 Å². The van der Waals surface area contributed by atoms with Gasteiger partial charge in [-0.1, -0.05) is 0 Å². The first-order valence-electron chi connectivity index (χ1n) is 4.74. The van der Waals surface area contributed by atoms with Crippen LogP contribution in [-0.4, -0.2) is 16.3 Å². The summed E-state index contributed by atoms with van der Waals surface area (Å²) in [7, 11) is 0. The van der Waals surface area contributed by atoms with E-state index in [1.807, 2.05) is 0 Å². The van der Waals surface area contributed by atoms with E-state index in [9.17, 15) is 32.1 Å². The van der Waals surface area contributed by atoms with Crippen molar-refractivity contribution in [3.05, 3.63) is 27.4 Å². The Morgan fingerprint density at radius 1 is 1.50 bits per heavy atom. The maximum atomic E-state index is 12.5. The predicted molar refractivity (Wildman–Crippen MR) is 51.8 cm³/mol. The van der Waals surface area contributed by atoms with Gasteiger partial charge in [0.1, 0.15) is 0 Å². The number of ether oxygens (including phenoxy) is 1. The summed E-state index contributed by atoms with van der Waals surface area (Å²) in [5.74, 6) is -2.89. The first-order chi connectivity index (χ1) is 9.15. The highest BCUT2D eigenvalue weighted by Gasteiger charge is 2.38. The lowest BCUT2D eigenvalue weighted by molar-refractivity contribution is -0.393. The molecular weight excluding hydrogens is 293 g/mol. The first kappa shape index (κ1) is 15.5. The van der Waals surface area contributed by atoms with E-state index in [1.54, 1.807) is 0 Å². The second-order valence-electron chi connectivity index (χ2n) is 3.30. The molecule has 1 heterocycles. The quantitative estimate of drug-likeness (QED) is 0.484. The Balaban J connectivity index is 3.51. The third-order valence-electron chi connectivity index (χ3n) is 1.94. The Morgan fingerprint density at radius 2 is 2.10 bits per heavy atom. The van der Waals surface area contributed by atoms with Crippen LogP contribution in [0.4, 0.5) is 27.8 Å². The lowest BCUT2D eigenvalue weighted by atomic mass is 10.1. The number of alkyl halides is 5. The van der Waals surface area contributed by atoms with Crippen molar-refractivity contribution in [3.63, 3.8) is 0 Å². The molecule has 0 N–H and O–H groups in total. The van der Waals surface area contributed by atoms with Gasteiger partial charge >= 0.3 is 18.6 Å². The maximum absolute atomic E-state index is 12.5. The molecule has 0 amide bonds. The van der Waals surface area contributed by atoms with Crippen LogP contribution < -0.4 is 4.74 Å². The molecule has 1 aromatic rings. The highest BCUT2D eigenvalue weighted by molar-refractivity contribution is 5.49. The van der Waals surface area contributed by atoms with Crippen molar-refractivity contribution in [1.82, 2.24) is 4.98 Å². The van der Waals surface area contributed by atoms with Crippen LogP contribution in [0.25, 0.3) is 0 Å². The Labute approximate surface area is 107 Å². The Morgan fingerprint density at radius 3 is 2.50 bits per heavy atom. The lowest BCUT2D eigenvalue weighted by Crippen LogP contribution is -2.20. The molecule has 0 spiro atoms. The maximum Gasteiger partial charge on any atom is 0.573 e. The van der Waals surface area contributed by atoms with Crippen molar-refractivity contribution >= 4 is 5.82 Å². The zero-order valence-corrected chi connectivity index (χ0v) is 9.32. The van der Waals surface area contributed by atoms with E-state index in [4.69, 9.17) is 5.26 Å². The Bertz CT molecular complexity index is 567. The Hall–Kier alpha value is -2.51. The van der Waals surface area contributed by atoms with E-state index >= 15 is 0 Å². The molecule has 0 saturated carbocycles. The number of nitriles is 1. The summed E-state index contributed by atoms with van der Waals surface area (Å²) >= 11 is 0. The van der Waals surface area contributed by atoms with Crippen molar-refractivity contribution in [1.29, 1.82) is 5.26 Å². The summed E-state index contributed by atoms with van der Waals surface area (Å²) in [6, 6.07) is 1.86. The molecule has 0 bridgehead atoms. The van der Waals surface area contributed by atoms with Crippen LogP contribution in [0.5, 0.6) is 5.75 Å². The van der Waals surface area contributed by atoms with Gasteiger partial charge in [-0.3, -0.25) is 0 Å². The van der Waals surface area contributed by atoms with Crippen molar-refractivity contribution in [2.75, 3.05) is 0 Å². The first-order valence-corrected chi connectivity index (χ1v) is 4.74. The molecule has 0 radical (unpaired) electrons. The van der Waals surface area contributed by atoms with Gasteiger partial charge in [0.2, 0.25) is 11.4 Å². The molecule has 0 aliphatic carbocycles. The number of pyridine rings is 1. The topological polar surface area (TPSA) is 89.0 Å². The number of aromatic nitrogens is 1. The highest BCUT2D eigenvalue weighted by atomic mass is 19.4. The van der Waals surface area contributed by atoms with Crippen LogP contribution in [0.3, 0.4) is 0 Å². The van der Waals surface area contributed by atoms with E-state index in [0.29, 0.717) is 6.07 Å². The van der Waals surface area contributed by atoms with Gasteiger partial charge < -0.3 is 14.9 Å². The molecule has 0 unspecified atom stereocenters. The van der Waals surface area contributed by atoms with Crippen molar-refractivity contribution in [2.24, 2.45) is 0 Å². The molecular formula is C9H4F5N3O3. The highest BCUT2D eigenvalue weighted by Crippen LogP contribution is 2.36. The summed E-state index contributed by atoms with van der Waals surface area (Å²) in [5.41, 5.74) is -1.81. The number of hydrogen-bond acceptors (Lipinski definition) is 5. The molecule has 1 aromatic heterocycles. The van der Waals surface area contributed by atoms with Gasteiger partial charge in [-0.05, 0) is 16.0 Å². The van der Waals surface area contributed by atoms with Crippen LogP contribution >= 0.6 is 0 Å². The average Bonchev–Trinajstić information content (AvgIpc) is 2.28. The van der Waals surface area contributed by atoms with Gasteiger partial charge in [0.15, 0.2) is 0 Å². The SMILES string of the molecule is N#CCc1cc(C(F)F)nc([N+](=O)[O-])c1OC(F)(F)F. The van der Waals surface area contributed by atoms with Gasteiger partial charge in [0, 0.05) is 5.56 Å². The van der Waals surface area contributed by atoms with Crippen LogP contribution in [0, 0.1) is 21.4 Å². The molecule has 0 aliphatic rings. The molecule has 20 heavy (non-hydrogen) atoms. The minimum atomic E-state index is -5.29. The van der Waals surface area contributed by atoms with Crippen LogP contribution in [-0.2, 0) is 6.42 Å². The fourth-order valence-corrected chi connectivity index (χ4v) is 1.27. The number of hydrogen-bond donors (Lipinski definition) is 0. The molecule has 1 rings (SSSR count). The second-order valence-corrected chi connectivity index (χ2v) is 3.30. The number of halogens is 5. The third-order valence-corrected chi connectivity index (χ3v) is 1.94. The largest absolute Gasteiger partial charge is 0.573 e. The molecule has 0 fully saturated rings. The average molecular weight is 297 g/mol. The van der Waals surface area contributed by atoms with E-state index in [2.05, 4.69) is 9.72 Å². The predicted octanol–water partition coefficient (Wildman–Crippen LogP) is 2.89. The van der Waals surface area contributed by atoms with Crippen molar-refractivity contribution in [2.45, 2.75) is 19.2 Å². The van der Waals surface area contributed by atoms with Gasteiger partial charge in [-0.15, -0.1) is 13.2 Å². The zero-order chi connectivity index (χ0) is 15.5. The van der Waals surface area contributed by atoms with Gasteiger partial charge in [-0.25, -0.2) is 8.78 Å². The molecule has 0 aromatic carbocycles. The Kier molecular flexibility index (Phi) is 4.38. The van der Waals surface area contributed by atoms with Crippen LogP contribution in [0.15, 0.2) is 6.07 Å². The normalized spacial score (nSPS) is 11.2. The minimum absolute atomic E-state index is 0.460. The van der Waals surface area contributed by atoms with E-state index in [0.717, 1.165) is 0 Å². The molecule has 0 atom stereocenters. The van der Waals surface area contributed by atoms with Gasteiger partial charge in [-0.2, -0.15) is 5.26 Å². The summed E-state index contributed by atoms with van der Waals surface area (Å²) < 4.78 is 64.8. The summed E-state index contributed by atoms with van der Waals surface area (Å²) in [6.07, 6.45) is -9.32. The van der Waals surface area contributed by atoms with Gasteiger partial charge in [0.25, 0.3) is 0 Å². The molecule has 6 nitrogen and oxygen atoms in total. The third kappa shape index (κ3) is 3.74. The second kappa shape index (κ2) is 5.64. The molecule has 11 heteroatoms. The zero-order valence-electron chi connectivity index (χ0n) is 9.32. The number of nitro groups is 1. The van der Waals surface area contributed by atoms with Crippen molar-refractivity contribution in [3.8, 4) is 11.8 Å². The van der Waals surface area contributed by atoms with E-state index < -0.39 is 47.0 Å². The fraction of sp³-hybridized carbons (Fsp3) is 0.333. The van der Waals surface area contributed by atoms with Crippen LogP contribution in [0.2, 0.25) is 0 Å². The molecule has 108 valence electrons. The van der Waals surface area contributed by atoms with Crippen molar-refractivity contribution < 1.29 is 31.6 Å². The van der Waals surface area contributed by atoms with Crippen LogP contribution in [0.1, 0.15) is 17.7 Å². The summed E-state index contributed by atoms with van der Waals surface area (Å²) in [5, 5.41) is 19.0. The summed E-state index contributed by atoms with van der Waals surface area (Å²) in [4.78, 5) is 12.0. The minimum Gasteiger partial charge on any atom is -0.396 e. The number of rotatable bonds is 4. The fourth-order valence-electron chi connectivity index (χ4n) is 1.27. The number of nitrogens with zero attached hydrogens (tertiary/aromatic N) is 3. The standard InChI is InChI=1S/C9H4F5N3O3/c10-7(11)5-3-4(1-2-15)6(20-9(12,13)14)8(16-5)17(18)19/h3,7H,1H2.